The molecule has 0 saturated carbocycles. The second-order valence-corrected chi connectivity index (χ2v) is 6.86. The Bertz CT molecular complexity index is 509. The highest BCUT2D eigenvalue weighted by Crippen LogP contribution is 2.05. The predicted octanol–water partition coefficient (Wildman–Crippen LogP) is 1.88. The molecule has 0 unspecified atom stereocenters. The summed E-state index contributed by atoms with van der Waals surface area (Å²) in [5.41, 5.74) is 0.848. The van der Waals surface area contributed by atoms with Gasteiger partial charge in [0.2, 0.25) is 11.8 Å². The highest BCUT2D eigenvalue weighted by molar-refractivity contribution is 5.81. The molecule has 23 heavy (non-hydrogen) atoms. The molecule has 0 spiro atoms. The van der Waals surface area contributed by atoms with Gasteiger partial charge in [-0.2, -0.15) is 0 Å². The first-order chi connectivity index (χ1) is 10.7. The molecule has 0 atom stereocenters. The van der Waals surface area contributed by atoms with E-state index in [-0.39, 0.29) is 30.4 Å². The first kappa shape index (κ1) is 19.2. The summed E-state index contributed by atoms with van der Waals surface area (Å²) in [4.78, 5) is 27.9. The van der Waals surface area contributed by atoms with Crippen molar-refractivity contribution in [3.8, 4) is 0 Å². The highest BCUT2D eigenvalue weighted by atomic mass is 16.2. The smallest absolute Gasteiger partial charge is 0.237 e. The molecular formula is C18H29N3O2. The third-order valence-electron chi connectivity index (χ3n) is 3.28. The van der Waals surface area contributed by atoms with E-state index in [1.165, 1.54) is 0 Å². The molecule has 0 heterocycles. The van der Waals surface area contributed by atoms with Crippen LogP contribution in [-0.4, -0.2) is 53.8 Å². The van der Waals surface area contributed by atoms with Gasteiger partial charge in [0.05, 0.1) is 13.1 Å². The molecule has 0 aliphatic carbocycles. The van der Waals surface area contributed by atoms with Crippen LogP contribution in [0.3, 0.4) is 0 Å². The summed E-state index contributed by atoms with van der Waals surface area (Å²) in [5.74, 6) is -0.0404. The summed E-state index contributed by atoms with van der Waals surface area (Å²) >= 11 is 0. The highest BCUT2D eigenvalue weighted by Gasteiger charge is 2.18. The van der Waals surface area contributed by atoms with Gasteiger partial charge in [-0.3, -0.25) is 14.5 Å². The maximum Gasteiger partial charge on any atom is 0.237 e. The summed E-state index contributed by atoms with van der Waals surface area (Å²) in [5, 5.41) is 2.90. The number of rotatable bonds is 7. The monoisotopic (exact) mass is 319 g/mol. The summed E-state index contributed by atoms with van der Waals surface area (Å²) in [6.07, 6.45) is 0. The van der Waals surface area contributed by atoms with Crippen LogP contribution in [0.4, 0.5) is 0 Å². The summed E-state index contributed by atoms with van der Waals surface area (Å²) in [6.45, 7) is 9.48. The molecule has 1 rings (SSSR count). The van der Waals surface area contributed by atoms with Crippen molar-refractivity contribution in [3.63, 3.8) is 0 Å². The van der Waals surface area contributed by atoms with Crippen molar-refractivity contribution in [3.05, 3.63) is 35.9 Å². The number of carbonyl (C=O) groups excluding carboxylic acids is 2. The molecule has 5 nitrogen and oxygen atoms in total. The summed E-state index contributed by atoms with van der Waals surface area (Å²) in [7, 11) is 1.79. The number of likely N-dealkylation sites (N-methyl/N-ethyl adjacent to an activating group) is 2. The molecule has 0 fully saturated rings. The fourth-order valence-corrected chi connectivity index (χ4v) is 2.27. The van der Waals surface area contributed by atoms with E-state index in [0.29, 0.717) is 13.1 Å². The minimum atomic E-state index is -0.259. The van der Waals surface area contributed by atoms with E-state index in [2.05, 4.69) is 5.32 Å². The maximum atomic E-state index is 12.4. The lowest BCUT2D eigenvalue weighted by atomic mass is 10.1. The Kier molecular flexibility index (Phi) is 7.23. The third kappa shape index (κ3) is 7.79. The second-order valence-electron chi connectivity index (χ2n) is 6.86. The van der Waals surface area contributed by atoms with Crippen LogP contribution < -0.4 is 5.32 Å². The van der Waals surface area contributed by atoms with Crippen LogP contribution >= 0.6 is 0 Å². The van der Waals surface area contributed by atoms with Crippen molar-refractivity contribution in [1.29, 1.82) is 0 Å². The lowest BCUT2D eigenvalue weighted by Gasteiger charge is -2.26. The zero-order valence-corrected chi connectivity index (χ0v) is 14.9. The minimum absolute atomic E-state index is 0.0300. The average Bonchev–Trinajstić information content (AvgIpc) is 2.43. The van der Waals surface area contributed by atoms with Gasteiger partial charge in [-0.15, -0.1) is 0 Å². The fourth-order valence-electron chi connectivity index (χ4n) is 2.27. The van der Waals surface area contributed by atoms with E-state index in [4.69, 9.17) is 0 Å². The number of hydrogen-bond donors (Lipinski definition) is 1. The number of amides is 2. The van der Waals surface area contributed by atoms with Crippen LogP contribution in [0.2, 0.25) is 0 Å². The predicted molar refractivity (Wildman–Crippen MR) is 92.9 cm³/mol. The molecule has 0 aromatic heterocycles. The molecule has 0 radical (unpaired) electrons. The van der Waals surface area contributed by atoms with E-state index in [1.807, 2.05) is 58.0 Å². The summed E-state index contributed by atoms with van der Waals surface area (Å²) < 4.78 is 0. The molecule has 0 aliphatic rings. The molecule has 128 valence electrons. The molecule has 0 aliphatic heterocycles. The SMILES string of the molecule is CCN(Cc1ccccc1)C(=O)CN(C)CC(=O)NC(C)(C)C. The molecule has 1 aromatic carbocycles. The largest absolute Gasteiger partial charge is 0.350 e. The van der Waals surface area contributed by atoms with Gasteiger partial charge < -0.3 is 10.2 Å². The molecular weight excluding hydrogens is 290 g/mol. The third-order valence-corrected chi connectivity index (χ3v) is 3.28. The molecule has 1 aromatic rings. The van der Waals surface area contributed by atoms with Gasteiger partial charge >= 0.3 is 0 Å². The van der Waals surface area contributed by atoms with Gasteiger partial charge in [-0.05, 0) is 40.3 Å². The van der Waals surface area contributed by atoms with Crippen LogP contribution in [0.15, 0.2) is 30.3 Å². The molecule has 0 saturated heterocycles. The van der Waals surface area contributed by atoms with Crippen molar-refractivity contribution >= 4 is 11.8 Å². The van der Waals surface area contributed by atoms with Gasteiger partial charge in [-0.25, -0.2) is 0 Å². The number of hydrogen-bond acceptors (Lipinski definition) is 3. The van der Waals surface area contributed by atoms with Gasteiger partial charge in [0, 0.05) is 18.6 Å². The first-order valence-electron chi connectivity index (χ1n) is 8.02. The van der Waals surface area contributed by atoms with E-state index >= 15 is 0 Å². The topological polar surface area (TPSA) is 52.7 Å². The Hall–Kier alpha value is -1.88. The van der Waals surface area contributed by atoms with Crippen molar-refractivity contribution < 1.29 is 9.59 Å². The molecule has 5 heteroatoms. The summed E-state index contributed by atoms with van der Waals surface area (Å²) in [6, 6.07) is 9.92. The van der Waals surface area contributed by atoms with Crippen molar-refractivity contribution in [2.45, 2.75) is 39.8 Å². The number of benzene rings is 1. The van der Waals surface area contributed by atoms with Crippen molar-refractivity contribution in [1.82, 2.24) is 15.1 Å². The van der Waals surface area contributed by atoms with Crippen LogP contribution in [0.1, 0.15) is 33.3 Å². The van der Waals surface area contributed by atoms with Gasteiger partial charge in [0.1, 0.15) is 0 Å². The van der Waals surface area contributed by atoms with Crippen molar-refractivity contribution in [2.75, 3.05) is 26.7 Å². The molecule has 1 N–H and O–H groups in total. The Morgan fingerprint density at radius 3 is 2.22 bits per heavy atom. The molecule has 0 bridgehead atoms. The number of carbonyl (C=O) groups is 2. The van der Waals surface area contributed by atoms with Crippen LogP contribution in [-0.2, 0) is 16.1 Å². The Morgan fingerprint density at radius 2 is 1.70 bits per heavy atom. The number of nitrogens with one attached hydrogen (secondary N) is 1. The van der Waals surface area contributed by atoms with Crippen LogP contribution in [0, 0.1) is 0 Å². The standard InChI is InChI=1S/C18H29N3O2/c1-6-21(12-15-10-8-7-9-11-15)17(23)14-20(5)13-16(22)19-18(2,3)4/h7-11H,6,12-14H2,1-5H3,(H,19,22). The zero-order chi connectivity index (χ0) is 17.5. The Morgan fingerprint density at radius 1 is 1.09 bits per heavy atom. The molecule has 2 amide bonds. The lowest BCUT2D eigenvalue weighted by molar-refractivity contribution is -0.133. The minimum Gasteiger partial charge on any atom is -0.350 e. The van der Waals surface area contributed by atoms with Gasteiger partial charge in [0.15, 0.2) is 0 Å². The van der Waals surface area contributed by atoms with Crippen LogP contribution in [0.5, 0.6) is 0 Å². The van der Waals surface area contributed by atoms with Gasteiger partial charge in [0.25, 0.3) is 0 Å². The average molecular weight is 319 g/mol. The Balaban J connectivity index is 2.50. The lowest BCUT2D eigenvalue weighted by Crippen LogP contribution is -2.47. The van der Waals surface area contributed by atoms with E-state index in [9.17, 15) is 9.59 Å². The Labute approximate surface area is 139 Å². The first-order valence-corrected chi connectivity index (χ1v) is 8.02. The normalized spacial score (nSPS) is 11.4. The fraction of sp³-hybridized carbons (Fsp3) is 0.556. The quantitative estimate of drug-likeness (QED) is 0.835. The zero-order valence-electron chi connectivity index (χ0n) is 14.9. The second kappa shape index (κ2) is 8.67. The van der Waals surface area contributed by atoms with E-state index < -0.39 is 0 Å². The van der Waals surface area contributed by atoms with E-state index in [1.54, 1.807) is 16.8 Å². The number of nitrogens with zero attached hydrogens (tertiary/aromatic N) is 2. The van der Waals surface area contributed by atoms with Crippen LogP contribution in [0.25, 0.3) is 0 Å². The van der Waals surface area contributed by atoms with Crippen molar-refractivity contribution in [2.24, 2.45) is 0 Å². The van der Waals surface area contributed by atoms with E-state index in [0.717, 1.165) is 5.56 Å². The van der Waals surface area contributed by atoms with Gasteiger partial charge in [-0.1, -0.05) is 30.3 Å². The maximum absolute atomic E-state index is 12.4.